The zero-order valence-electron chi connectivity index (χ0n) is 19.0. The van der Waals surface area contributed by atoms with E-state index in [0.29, 0.717) is 12.1 Å². The molecule has 2 aliphatic rings. The zero-order valence-corrected chi connectivity index (χ0v) is 19.0. The first-order chi connectivity index (χ1) is 18.6. The van der Waals surface area contributed by atoms with E-state index >= 15 is 8.78 Å². The highest BCUT2D eigenvalue weighted by molar-refractivity contribution is 6.04. The van der Waals surface area contributed by atoms with E-state index in [2.05, 4.69) is 0 Å². The molecule has 4 nitrogen and oxygen atoms in total. The Morgan fingerprint density at radius 3 is 1.45 bits per heavy atom. The van der Waals surface area contributed by atoms with Crippen LogP contribution in [0.25, 0.3) is 16.7 Å². The van der Waals surface area contributed by atoms with Crippen LogP contribution in [0.4, 0.5) is 43.9 Å². The number of alkyl halides is 7. The van der Waals surface area contributed by atoms with E-state index in [-0.39, 0.29) is 12.1 Å². The van der Waals surface area contributed by atoms with Crippen LogP contribution < -0.4 is 0 Å². The molecule has 0 saturated heterocycles. The smallest absolute Gasteiger partial charge is 0.238 e. The third-order valence-electron chi connectivity index (χ3n) is 6.28. The molecule has 2 unspecified atom stereocenters. The standard InChI is InChI=1S/C26H6F10N4/c27-21-16(8-40)22(28)24(30)20(23(21)29)15(7-39)19-13-1-9(5-37)17(25(31,32)33)3-11(13)12-4-18(26(34,35)36)10(6-38)2-14(12)19/h1-4,20,23H. The minimum atomic E-state index is -5.20. The number of halogens is 10. The van der Waals surface area contributed by atoms with Gasteiger partial charge in [0.05, 0.1) is 52.0 Å². The van der Waals surface area contributed by atoms with Crippen molar-refractivity contribution in [3.63, 3.8) is 0 Å². The quantitative estimate of drug-likeness (QED) is 0.224. The van der Waals surface area contributed by atoms with Gasteiger partial charge in [0.1, 0.15) is 17.5 Å². The molecule has 2 aromatic rings. The number of hydrogen-bond acceptors (Lipinski definition) is 4. The Kier molecular flexibility index (Phi) is 6.49. The molecular formula is C26H6F10N4. The van der Waals surface area contributed by atoms with Gasteiger partial charge in [-0.3, -0.25) is 0 Å². The Morgan fingerprint density at radius 1 is 0.650 bits per heavy atom. The summed E-state index contributed by atoms with van der Waals surface area (Å²) in [6.45, 7) is 0. The Labute approximate surface area is 217 Å². The molecular weight excluding hydrogens is 558 g/mol. The van der Waals surface area contributed by atoms with Gasteiger partial charge >= 0.3 is 12.4 Å². The summed E-state index contributed by atoms with van der Waals surface area (Å²) < 4.78 is 141. The molecule has 0 N–H and O–H groups in total. The Hall–Kier alpha value is -5.08. The Morgan fingerprint density at radius 2 is 1.10 bits per heavy atom. The fourth-order valence-corrected chi connectivity index (χ4v) is 4.58. The maximum atomic E-state index is 15.1. The summed E-state index contributed by atoms with van der Waals surface area (Å²) >= 11 is 0. The Bertz CT molecular complexity index is 1680. The number of nitrogens with zero attached hydrogens (tertiary/aromatic N) is 4. The molecule has 14 heteroatoms. The van der Waals surface area contributed by atoms with E-state index < -0.39 is 103 Å². The highest BCUT2D eigenvalue weighted by Crippen LogP contribution is 2.53. The van der Waals surface area contributed by atoms with Crippen LogP contribution in [0.15, 0.2) is 52.9 Å². The van der Waals surface area contributed by atoms with Gasteiger partial charge in [-0.2, -0.15) is 47.4 Å². The van der Waals surface area contributed by atoms with Crippen LogP contribution in [0.5, 0.6) is 0 Å². The molecule has 0 aromatic heterocycles. The lowest BCUT2D eigenvalue weighted by atomic mass is 9.81. The topological polar surface area (TPSA) is 95.2 Å². The summed E-state index contributed by atoms with van der Waals surface area (Å²) in [5.74, 6) is -9.16. The third kappa shape index (κ3) is 4.06. The SMILES string of the molecule is N#CC1=C(F)C(F)C(C(C#N)=C2c3cc(C#N)c(C(F)(F)F)cc3-c3cc(C(F)(F)F)c(C#N)cc32)C(F)=C1F. The fourth-order valence-electron chi connectivity index (χ4n) is 4.58. The van der Waals surface area contributed by atoms with Crippen LogP contribution in [0.2, 0.25) is 0 Å². The van der Waals surface area contributed by atoms with E-state index in [1.807, 2.05) is 0 Å². The third-order valence-corrected chi connectivity index (χ3v) is 6.28. The van der Waals surface area contributed by atoms with Gasteiger partial charge < -0.3 is 0 Å². The van der Waals surface area contributed by atoms with Crippen LogP contribution in [0, 0.1) is 51.2 Å². The van der Waals surface area contributed by atoms with Crippen molar-refractivity contribution < 1.29 is 43.9 Å². The second-order valence-corrected chi connectivity index (χ2v) is 8.38. The minimum Gasteiger partial charge on any atom is -0.238 e. The molecule has 200 valence electrons. The monoisotopic (exact) mass is 564 g/mol. The molecule has 0 amide bonds. The number of benzene rings is 2. The molecule has 2 aromatic carbocycles. The molecule has 40 heavy (non-hydrogen) atoms. The van der Waals surface area contributed by atoms with Crippen molar-refractivity contribution in [2.75, 3.05) is 0 Å². The van der Waals surface area contributed by atoms with Crippen LogP contribution in [0.3, 0.4) is 0 Å². The first kappa shape index (κ1) is 27.9. The molecule has 2 atom stereocenters. The number of nitriles is 4. The van der Waals surface area contributed by atoms with Gasteiger partial charge in [-0.1, -0.05) is 0 Å². The van der Waals surface area contributed by atoms with E-state index in [9.17, 15) is 50.9 Å². The highest BCUT2D eigenvalue weighted by Gasteiger charge is 2.46. The summed E-state index contributed by atoms with van der Waals surface area (Å²) in [6, 6.07) is 6.30. The van der Waals surface area contributed by atoms with Crippen LogP contribution in [0.1, 0.15) is 33.4 Å². The zero-order chi connectivity index (χ0) is 29.9. The van der Waals surface area contributed by atoms with Crippen molar-refractivity contribution in [2.24, 2.45) is 5.92 Å². The summed E-state index contributed by atoms with van der Waals surface area (Å²) in [7, 11) is 0. The molecule has 0 fully saturated rings. The van der Waals surface area contributed by atoms with Gasteiger partial charge in [-0.25, -0.2) is 17.6 Å². The second-order valence-electron chi connectivity index (χ2n) is 8.38. The van der Waals surface area contributed by atoms with E-state index in [0.717, 1.165) is 6.07 Å². The predicted octanol–water partition coefficient (Wildman–Crippen LogP) is 7.64. The van der Waals surface area contributed by atoms with Crippen molar-refractivity contribution in [3.05, 3.63) is 86.3 Å². The van der Waals surface area contributed by atoms with Crippen LogP contribution in [-0.4, -0.2) is 6.17 Å². The highest BCUT2D eigenvalue weighted by atomic mass is 19.4. The molecule has 0 heterocycles. The number of fused-ring (bicyclic) bond motifs is 3. The largest absolute Gasteiger partial charge is 0.417 e. The van der Waals surface area contributed by atoms with Gasteiger partial charge in [0.2, 0.25) is 0 Å². The fraction of sp³-hybridized carbons (Fsp3) is 0.154. The molecule has 0 bridgehead atoms. The molecule has 0 aliphatic heterocycles. The van der Waals surface area contributed by atoms with E-state index in [4.69, 9.17) is 5.26 Å². The summed E-state index contributed by atoms with van der Waals surface area (Å²) in [5, 5.41) is 37.3. The normalized spacial score (nSPS) is 18.4. The minimum absolute atomic E-state index is 0.287. The van der Waals surface area contributed by atoms with Crippen molar-refractivity contribution in [3.8, 4) is 35.4 Å². The lowest BCUT2D eigenvalue weighted by Gasteiger charge is -2.24. The maximum Gasteiger partial charge on any atom is 0.417 e. The van der Waals surface area contributed by atoms with Crippen molar-refractivity contribution in [1.29, 1.82) is 21.0 Å². The lowest BCUT2D eigenvalue weighted by Crippen LogP contribution is -2.26. The predicted molar refractivity (Wildman–Crippen MR) is 114 cm³/mol. The lowest BCUT2D eigenvalue weighted by molar-refractivity contribution is -0.138. The number of allylic oxidation sites excluding steroid dienone is 5. The van der Waals surface area contributed by atoms with Gasteiger partial charge in [-0.15, -0.1) is 0 Å². The summed E-state index contributed by atoms with van der Waals surface area (Å²) in [4.78, 5) is 0. The average Bonchev–Trinajstić information content (AvgIpc) is 3.20. The van der Waals surface area contributed by atoms with Crippen molar-refractivity contribution in [1.82, 2.24) is 0 Å². The van der Waals surface area contributed by atoms with E-state index in [1.165, 1.54) is 18.2 Å². The molecule has 0 spiro atoms. The van der Waals surface area contributed by atoms with Gasteiger partial charge in [0, 0.05) is 5.57 Å². The Balaban J connectivity index is 2.21. The summed E-state index contributed by atoms with van der Waals surface area (Å²) in [6.07, 6.45) is -13.6. The van der Waals surface area contributed by atoms with Crippen LogP contribution in [-0.2, 0) is 12.4 Å². The van der Waals surface area contributed by atoms with Gasteiger partial charge in [0.25, 0.3) is 0 Å². The maximum absolute atomic E-state index is 15.1. The van der Waals surface area contributed by atoms with Gasteiger partial charge in [0.15, 0.2) is 17.8 Å². The molecule has 0 saturated carbocycles. The first-order valence-corrected chi connectivity index (χ1v) is 10.6. The van der Waals surface area contributed by atoms with E-state index in [1.54, 1.807) is 0 Å². The molecule has 4 rings (SSSR count). The second kappa shape index (κ2) is 9.29. The van der Waals surface area contributed by atoms with Crippen LogP contribution >= 0.6 is 0 Å². The van der Waals surface area contributed by atoms with Crippen molar-refractivity contribution in [2.45, 2.75) is 18.5 Å². The summed E-state index contributed by atoms with van der Waals surface area (Å²) in [5.41, 5.74) is -11.5. The molecule has 0 radical (unpaired) electrons. The first-order valence-electron chi connectivity index (χ1n) is 10.6. The van der Waals surface area contributed by atoms with Crippen molar-refractivity contribution >= 4 is 5.57 Å². The van der Waals surface area contributed by atoms with Gasteiger partial charge in [-0.05, 0) is 46.5 Å². The average molecular weight is 564 g/mol. The number of rotatable bonds is 1. The molecule has 2 aliphatic carbocycles. The number of hydrogen-bond donors (Lipinski definition) is 0.